The molecule has 5 N–H and O–H groups in total. The molecule has 0 aliphatic carbocycles. The molecule has 0 saturated carbocycles. The SMILES string of the molecule is CCCCCCCC/C=C\C/C=C\C/C=C\CCCC(=O)OC[C@H](COP(=O)(O)OC[C@@H](O)COP(=O)(O)O)OC(=O)CCC/C=C\C/C=C\C/C=C\C/C=C\C=C\[C@H](O)CC. The second kappa shape index (κ2) is 40.8. The first-order valence-electron chi connectivity index (χ1n) is 22.0. The zero-order valence-electron chi connectivity index (χ0n) is 37.0. The van der Waals surface area contributed by atoms with E-state index in [0.717, 1.165) is 38.5 Å². The number of carbonyl (C=O) groups is 2. The van der Waals surface area contributed by atoms with Crippen molar-refractivity contribution in [1.29, 1.82) is 0 Å². The summed E-state index contributed by atoms with van der Waals surface area (Å²) in [6.07, 6.45) is 45.1. The van der Waals surface area contributed by atoms with Gasteiger partial charge in [0, 0.05) is 12.8 Å². The molecular formula is C46H76O14P2. The van der Waals surface area contributed by atoms with Gasteiger partial charge in [-0.1, -0.05) is 143 Å². The van der Waals surface area contributed by atoms with E-state index in [1.54, 1.807) is 6.08 Å². The molecule has 14 nitrogen and oxygen atoms in total. The van der Waals surface area contributed by atoms with Crippen LogP contribution in [0.1, 0.15) is 136 Å². The highest BCUT2D eigenvalue weighted by molar-refractivity contribution is 7.47. The molecule has 0 amide bonds. The van der Waals surface area contributed by atoms with E-state index >= 15 is 0 Å². The first-order valence-corrected chi connectivity index (χ1v) is 25.1. The van der Waals surface area contributed by atoms with Crippen LogP contribution in [0.5, 0.6) is 0 Å². The maximum atomic E-state index is 12.6. The van der Waals surface area contributed by atoms with E-state index in [2.05, 4.69) is 58.5 Å². The molecule has 0 spiro atoms. The lowest BCUT2D eigenvalue weighted by Gasteiger charge is -2.20. The molecule has 1 unspecified atom stereocenters. The Bertz CT molecular complexity index is 1480. The predicted octanol–water partition coefficient (Wildman–Crippen LogP) is 10.3. The molecule has 354 valence electrons. The smallest absolute Gasteiger partial charge is 0.462 e. The molecule has 0 bridgehead atoms. The van der Waals surface area contributed by atoms with Gasteiger partial charge in [-0.2, -0.15) is 0 Å². The lowest BCUT2D eigenvalue weighted by atomic mass is 10.1. The Morgan fingerprint density at radius 2 is 1.00 bits per heavy atom. The third kappa shape index (κ3) is 43.6. The van der Waals surface area contributed by atoms with Crippen LogP contribution in [-0.2, 0) is 41.8 Å². The zero-order chi connectivity index (χ0) is 46.0. The number of rotatable bonds is 40. The molecule has 0 aromatic heterocycles. The molecule has 0 saturated heterocycles. The van der Waals surface area contributed by atoms with Crippen molar-refractivity contribution in [1.82, 2.24) is 0 Å². The normalized spacial score (nSPS) is 15.4. The van der Waals surface area contributed by atoms with Gasteiger partial charge in [-0.05, 0) is 77.0 Å². The van der Waals surface area contributed by atoms with Crippen LogP contribution < -0.4 is 0 Å². The van der Waals surface area contributed by atoms with Crippen molar-refractivity contribution in [2.75, 3.05) is 26.4 Å². The van der Waals surface area contributed by atoms with Gasteiger partial charge in [0.2, 0.25) is 0 Å². The minimum Gasteiger partial charge on any atom is -0.462 e. The molecule has 0 aromatic carbocycles. The molecular weight excluding hydrogens is 838 g/mol. The summed E-state index contributed by atoms with van der Waals surface area (Å²) in [6, 6.07) is 0. The van der Waals surface area contributed by atoms with Gasteiger partial charge in [0.25, 0.3) is 0 Å². The number of allylic oxidation sites excluding steroid dienone is 15. The van der Waals surface area contributed by atoms with Crippen LogP contribution in [0.15, 0.2) is 97.2 Å². The highest BCUT2D eigenvalue weighted by Gasteiger charge is 2.28. The van der Waals surface area contributed by atoms with Crippen molar-refractivity contribution in [2.24, 2.45) is 0 Å². The molecule has 16 heteroatoms. The quantitative estimate of drug-likeness (QED) is 0.0127. The second-order valence-corrected chi connectivity index (χ2v) is 17.1. The lowest BCUT2D eigenvalue weighted by Crippen LogP contribution is -2.29. The fourth-order valence-electron chi connectivity index (χ4n) is 5.11. The monoisotopic (exact) mass is 914 g/mol. The van der Waals surface area contributed by atoms with Gasteiger partial charge < -0.3 is 34.4 Å². The van der Waals surface area contributed by atoms with Gasteiger partial charge in [0.1, 0.15) is 12.7 Å². The fourth-order valence-corrected chi connectivity index (χ4v) is 6.27. The first-order chi connectivity index (χ1) is 29.8. The van der Waals surface area contributed by atoms with Gasteiger partial charge in [-0.3, -0.25) is 23.2 Å². The summed E-state index contributed by atoms with van der Waals surface area (Å²) in [4.78, 5) is 52.7. The molecule has 4 atom stereocenters. The van der Waals surface area contributed by atoms with Crippen LogP contribution in [0.3, 0.4) is 0 Å². The molecule has 62 heavy (non-hydrogen) atoms. The topological polar surface area (TPSA) is 216 Å². The minimum absolute atomic E-state index is 0.0232. The Kier molecular flexibility index (Phi) is 38.8. The van der Waals surface area contributed by atoms with E-state index in [1.165, 1.54) is 38.5 Å². The molecule has 0 heterocycles. The number of ether oxygens (including phenoxy) is 2. The van der Waals surface area contributed by atoms with Crippen molar-refractivity contribution in [2.45, 2.75) is 154 Å². The van der Waals surface area contributed by atoms with Crippen molar-refractivity contribution < 1.29 is 66.7 Å². The van der Waals surface area contributed by atoms with Crippen molar-refractivity contribution in [3.05, 3.63) is 97.2 Å². The molecule has 0 rings (SSSR count). The van der Waals surface area contributed by atoms with Crippen LogP contribution in [-0.4, -0.2) is 81.6 Å². The number of aliphatic hydroxyl groups excluding tert-OH is 2. The van der Waals surface area contributed by atoms with Gasteiger partial charge in [0.05, 0.1) is 25.9 Å². The van der Waals surface area contributed by atoms with E-state index < -0.39 is 72.3 Å². The zero-order valence-corrected chi connectivity index (χ0v) is 38.8. The Hall–Kier alpha value is -3.00. The van der Waals surface area contributed by atoms with Crippen molar-refractivity contribution in [3.8, 4) is 0 Å². The van der Waals surface area contributed by atoms with Gasteiger partial charge in [-0.25, -0.2) is 9.13 Å². The van der Waals surface area contributed by atoms with Crippen molar-refractivity contribution >= 4 is 27.6 Å². The predicted molar refractivity (Wildman–Crippen MR) is 245 cm³/mol. The van der Waals surface area contributed by atoms with Crippen LogP contribution >= 0.6 is 15.6 Å². The molecule has 0 aromatic rings. The van der Waals surface area contributed by atoms with E-state index in [-0.39, 0.29) is 12.8 Å². The van der Waals surface area contributed by atoms with Crippen LogP contribution in [0, 0.1) is 0 Å². The number of hydrogen-bond donors (Lipinski definition) is 5. The number of carbonyl (C=O) groups excluding carboxylic acids is 2. The van der Waals surface area contributed by atoms with Gasteiger partial charge in [0.15, 0.2) is 6.10 Å². The first kappa shape index (κ1) is 59.0. The molecule has 0 radical (unpaired) electrons. The summed E-state index contributed by atoms with van der Waals surface area (Å²) in [7, 11) is -9.73. The van der Waals surface area contributed by atoms with E-state index in [9.17, 15) is 33.8 Å². The molecule has 0 aliphatic rings. The number of hydrogen-bond acceptors (Lipinski definition) is 11. The standard InChI is InChI=1S/C46H76O14P2/c1-3-5-6-7-8-9-10-11-12-13-14-18-21-24-27-30-33-36-45(49)56-40-44(41-59-62(54,55)58-39-43(48)38-57-61(51,52)53)60-46(50)37-34-31-28-25-22-19-16-15-17-20-23-26-29-32-35-42(47)4-2/h11-12,14,16-20,24-29,32,35,42-44,47-48H,3-10,13,15,21-23,30-31,33-34,36-41H2,1-2H3,(H,54,55)(H2,51,52,53)/b12-11-,18-14-,19-16-,20-17-,27-24-,28-25-,29-26-,35-32+/t42-,43+,44-/m1/s1. The van der Waals surface area contributed by atoms with E-state index in [4.69, 9.17) is 23.8 Å². The van der Waals surface area contributed by atoms with Gasteiger partial charge >= 0.3 is 27.6 Å². The summed E-state index contributed by atoms with van der Waals surface area (Å²) < 4.78 is 47.6. The number of unbranched alkanes of at least 4 members (excludes halogenated alkanes) is 8. The molecule has 0 aliphatic heterocycles. The minimum atomic E-state index is -4.88. The maximum Gasteiger partial charge on any atom is 0.472 e. The highest BCUT2D eigenvalue weighted by atomic mass is 31.2. The summed E-state index contributed by atoms with van der Waals surface area (Å²) >= 11 is 0. The Labute approximate surface area is 371 Å². The number of phosphoric ester groups is 2. The highest BCUT2D eigenvalue weighted by Crippen LogP contribution is 2.43. The van der Waals surface area contributed by atoms with Gasteiger partial charge in [-0.15, -0.1) is 0 Å². The van der Waals surface area contributed by atoms with Crippen LogP contribution in [0.4, 0.5) is 0 Å². The average Bonchev–Trinajstić information content (AvgIpc) is 3.23. The fraction of sp³-hybridized carbons (Fsp3) is 0.609. The largest absolute Gasteiger partial charge is 0.472 e. The van der Waals surface area contributed by atoms with E-state index in [0.29, 0.717) is 32.1 Å². The number of esters is 2. The van der Waals surface area contributed by atoms with Crippen LogP contribution in [0.25, 0.3) is 0 Å². The lowest BCUT2D eigenvalue weighted by molar-refractivity contribution is -0.161. The number of phosphoric acid groups is 2. The van der Waals surface area contributed by atoms with E-state index in [1.807, 2.05) is 55.5 Å². The number of aliphatic hydroxyl groups is 2. The summed E-state index contributed by atoms with van der Waals surface area (Å²) in [5, 5.41) is 19.2. The van der Waals surface area contributed by atoms with Crippen molar-refractivity contribution in [3.63, 3.8) is 0 Å². The summed E-state index contributed by atoms with van der Waals surface area (Å²) in [5.74, 6) is -1.19. The van der Waals surface area contributed by atoms with Crippen LogP contribution in [0.2, 0.25) is 0 Å². The Morgan fingerprint density at radius 1 is 0.532 bits per heavy atom. The maximum absolute atomic E-state index is 12.6. The third-order valence-corrected chi connectivity index (χ3v) is 10.0. The average molecular weight is 915 g/mol. The summed E-state index contributed by atoms with van der Waals surface area (Å²) in [6.45, 7) is 1.27. The second-order valence-electron chi connectivity index (χ2n) is 14.4. The molecule has 0 fully saturated rings. The Morgan fingerprint density at radius 3 is 1.55 bits per heavy atom. The third-order valence-electron chi connectivity index (χ3n) is 8.60. The summed E-state index contributed by atoms with van der Waals surface area (Å²) in [5.41, 5.74) is 0. The Balaban J connectivity index is 4.73.